The maximum absolute atomic E-state index is 12.5. The summed E-state index contributed by atoms with van der Waals surface area (Å²) in [6.07, 6.45) is 0.160. The van der Waals surface area contributed by atoms with Crippen LogP contribution >= 0.6 is 0 Å². The van der Waals surface area contributed by atoms with Crippen LogP contribution in [0.1, 0.15) is 17.8 Å². The number of hydrogen-bond donors (Lipinski definition) is 1. The molecule has 9 heteroatoms. The molecule has 29 heavy (non-hydrogen) atoms. The zero-order chi connectivity index (χ0) is 20.4. The average Bonchev–Trinajstić information content (AvgIpc) is 3.14. The molecule has 2 heterocycles. The number of nitrogens with zero attached hydrogens (tertiary/aromatic N) is 5. The Bertz CT molecular complexity index is 1080. The van der Waals surface area contributed by atoms with E-state index in [1.54, 1.807) is 9.58 Å². The number of carbonyl (C=O) groups excluding carboxylic acids is 2. The van der Waals surface area contributed by atoms with Crippen LogP contribution in [0.25, 0.3) is 5.69 Å². The number of aryl methyl sites for hydroxylation is 2. The molecule has 3 aromatic rings. The molecule has 4 rings (SSSR count). The number of benzene rings is 2. The lowest BCUT2D eigenvalue weighted by Crippen LogP contribution is -2.40. The van der Waals surface area contributed by atoms with Gasteiger partial charge >= 0.3 is 0 Å². The molecule has 9 nitrogen and oxygen atoms in total. The molecular formula is C20H20N6O3. The molecule has 2 amide bonds. The molecule has 0 radical (unpaired) electrons. The second-order valence-corrected chi connectivity index (χ2v) is 6.74. The number of ether oxygens (including phenoxy) is 1. The molecule has 0 unspecified atom stereocenters. The van der Waals surface area contributed by atoms with Crippen LogP contribution in [0.15, 0.2) is 42.5 Å². The Morgan fingerprint density at radius 3 is 2.79 bits per heavy atom. The Hall–Kier alpha value is -3.75. The summed E-state index contributed by atoms with van der Waals surface area (Å²) in [7, 11) is 0. The van der Waals surface area contributed by atoms with Crippen molar-refractivity contribution in [2.45, 2.75) is 20.3 Å². The summed E-state index contributed by atoms with van der Waals surface area (Å²) in [6, 6.07) is 12.9. The number of amides is 2. The lowest BCUT2D eigenvalue weighted by atomic mass is 10.1. The van der Waals surface area contributed by atoms with Crippen molar-refractivity contribution < 1.29 is 14.3 Å². The highest BCUT2D eigenvalue weighted by atomic mass is 16.5. The van der Waals surface area contributed by atoms with Crippen molar-refractivity contribution in [3.05, 3.63) is 53.9 Å². The van der Waals surface area contributed by atoms with E-state index in [9.17, 15) is 9.59 Å². The van der Waals surface area contributed by atoms with Crippen molar-refractivity contribution >= 4 is 23.2 Å². The van der Waals surface area contributed by atoms with E-state index in [1.165, 1.54) is 0 Å². The maximum atomic E-state index is 12.5. The molecule has 2 aromatic carbocycles. The van der Waals surface area contributed by atoms with Crippen molar-refractivity contribution in [3.8, 4) is 11.4 Å². The third-order valence-electron chi connectivity index (χ3n) is 4.72. The van der Waals surface area contributed by atoms with Gasteiger partial charge in [-0.05, 0) is 54.1 Å². The average molecular weight is 392 g/mol. The van der Waals surface area contributed by atoms with Gasteiger partial charge in [0.1, 0.15) is 5.75 Å². The first-order valence-electron chi connectivity index (χ1n) is 9.21. The SMILES string of the molecule is Cc1ccc(NC(=O)CCN2C(=O)COc3ccccc32)cc1-n1nnnc1C. The Balaban J connectivity index is 1.45. The summed E-state index contributed by atoms with van der Waals surface area (Å²) in [4.78, 5) is 26.3. The van der Waals surface area contributed by atoms with Gasteiger partial charge in [0.05, 0.1) is 11.4 Å². The van der Waals surface area contributed by atoms with Gasteiger partial charge in [-0.2, -0.15) is 4.68 Å². The molecule has 0 bridgehead atoms. The van der Waals surface area contributed by atoms with E-state index >= 15 is 0 Å². The van der Waals surface area contributed by atoms with Gasteiger partial charge in [-0.25, -0.2) is 0 Å². The smallest absolute Gasteiger partial charge is 0.265 e. The maximum Gasteiger partial charge on any atom is 0.265 e. The molecule has 1 aromatic heterocycles. The van der Waals surface area contributed by atoms with Crippen molar-refractivity contribution in [1.29, 1.82) is 0 Å². The van der Waals surface area contributed by atoms with E-state index in [-0.39, 0.29) is 31.4 Å². The molecule has 0 spiro atoms. The van der Waals surface area contributed by atoms with Crippen LogP contribution < -0.4 is 15.0 Å². The minimum absolute atomic E-state index is 0.0226. The molecule has 0 aliphatic carbocycles. The van der Waals surface area contributed by atoms with Gasteiger partial charge in [-0.15, -0.1) is 5.10 Å². The normalized spacial score (nSPS) is 13.0. The Morgan fingerprint density at radius 1 is 1.17 bits per heavy atom. The summed E-state index contributed by atoms with van der Waals surface area (Å²) < 4.78 is 7.05. The summed E-state index contributed by atoms with van der Waals surface area (Å²) in [5, 5.41) is 14.4. The van der Waals surface area contributed by atoms with Crippen LogP contribution in [-0.4, -0.2) is 45.2 Å². The van der Waals surface area contributed by atoms with E-state index < -0.39 is 0 Å². The first kappa shape index (κ1) is 18.6. The highest BCUT2D eigenvalue weighted by molar-refractivity contribution is 5.99. The molecule has 0 saturated carbocycles. The third-order valence-corrected chi connectivity index (χ3v) is 4.72. The molecule has 1 N–H and O–H groups in total. The van der Waals surface area contributed by atoms with Crippen molar-refractivity contribution in [2.24, 2.45) is 0 Å². The molecule has 1 aliphatic rings. The Labute approximate surface area is 167 Å². The van der Waals surface area contributed by atoms with Gasteiger partial charge in [0, 0.05) is 18.7 Å². The second-order valence-electron chi connectivity index (χ2n) is 6.74. The summed E-state index contributed by atoms with van der Waals surface area (Å²) in [5.41, 5.74) is 3.10. The summed E-state index contributed by atoms with van der Waals surface area (Å²) in [5.74, 6) is 0.946. The number of carbonyl (C=O) groups is 2. The zero-order valence-corrected chi connectivity index (χ0v) is 16.1. The number of aromatic nitrogens is 4. The first-order chi connectivity index (χ1) is 14.0. The summed E-state index contributed by atoms with van der Waals surface area (Å²) in [6.45, 7) is 4.01. The fourth-order valence-electron chi connectivity index (χ4n) is 3.21. The van der Waals surface area contributed by atoms with Crippen LogP contribution in [0.5, 0.6) is 5.75 Å². The van der Waals surface area contributed by atoms with Crippen molar-refractivity contribution in [1.82, 2.24) is 20.2 Å². The Kier molecular flexibility index (Phi) is 4.94. The number of para-hydroxylation sites is 2. The van der Waals surface area contributed by atoms with Crippen LogP contribution in [0, 0.1) is 13.8 Å². The van der Waals surface area contributed by atoms with Crippen LogP contribution in [0.2, 0.25) is 0 Å². The van der Waals surface area contributed by atoms with E-state index in [0.717, 1.165) is 11.3 Å². The van der Waals surface area contributed by atoms with E-state index in [4.69, 9.17) is 4.74 Å². The zero-order valence-electron chi connectivity index (χ0n) is 16.1. The molecule has 148 valence electrons. The standard InChI is InChI=1S/C20H20N6O3/c1-13-7-8-15(11-17(13)26-14(2)22-23-24-26)21-19(27)9-10-25-16-5-3-4-6-18(16)29-12-20(25)28/h3-8,11H,9-10,12H2,1-2H3,(H,21,27). The molecule has 0 atom stereocenters. The molecule has 0 saturated heterocycles. The predicted octanol–water partition coefficient (Wildman–Crippen LogP) is 2.03. The third kappa shape index (κ3) is 3.79. The van der Waals surface area contributed by atoms with E-state index in [1.807, 2.05) is 56.3 Å². The van der Waals surface area contributed by atoms with Crippen LogP contribution in [0.3, 0.4) is 0 Å². The molecular weight excluding hydrogens is 372 g/mol. The lowest BCUT2D eigenvalue weighted by molar-refractivity contribution is -0.121. The fraction of sp³-hybridized carbons (Fsp3) is 0.250. The summed E-state index contributed by atoms with van der Waals surface area (Å²) >= 11 is 0. The molecule has 1 aliphatic heterocycles. The monoisotopic (exact) mass is 392 g/mol. The number of tetrazole rings is 1. The largest absolute Gasteiger partial charge is 0.482 e. The van der Waals surface area contributed by atoms with Gasteiger partial charge in [0.2, 0.25) is 5.91 Å². The number of anilines is 2. The number of rotatable bonds is 5. The molecule has 0 fully saturated rings. The fourth-order valence-corrected chi connectivity index (χ4v) is 3.21. The first-order valence-corrected chi connectivity index (χ1v) is 9.21. The van der Waals surface area contributed by atoms with Gasteiger partial charge < -0.3 is 15.0 Å². The van der Waals surface area contributed by atoms with Crippen LogP contribution in [0.4, 0.5) is 11.4 Å². The highest BCUT2D eigenvalue weighted by Gasteiger charge is 2.25. The van der Waals surface area contributed by atoms with Crippen LogP contribution in [-0.2, 0) is 9.59 Å². The van der Waals surface area contributed by atoms with Crippen molar-refractivity contribution in [3.63, 3.8) is 0 Å². The van der Waals surface area contributed by atoms with Crippen molar-refractivity contribution in [2.75, 3.05) is 23.4 Å². The minimum atomic E-state index is -0.190. The predicted molar refractivity (Wildman–Crippen MR) is 106 cm³/mol. The quantitative estimate of drug-likeness (QED) is 0.713. The Morgan fingerprint density at radius 2 is 2.00 bits per heavy atom. The van der Waals surface area contributed by atoms with E-state index in [2.05, 4.69) is 20.8 Å². The number of nitrogens with one attached hydrogen (secondary N) is 1. The second kappa shape index (κ2) is 7.70. The van der Waals surface area contributed by atoms with Gasteiger partial charge in [0.25, 0.3) is 5.91 Å². The topological polar surface area (TPSA) is 102 Å². The lowest BCUT2D eigenvalue weighted by Gasteiger charge is -2.29. The highest BCUT2D eigenvalue weighted by Crippen LogP contribution is 2.31. The number of fused-ring (bicyclic) bond motifs is 1. The number of hydrogen-bond acceptors (Lipinski definition) is 6. The van der Waals surface area contributed by atoms with Gasteiger partial charge in [0.15, 0.2) is 12.4 Å². The van der Waals surface area contributed by atoms with E-state index in [0.29, 0.717) is 22.9 Å². The van der Waals surface area contributed by atoms with Gasteiger partial charge in [-0.3, -0.25) is 9.59 Å². The minimum Gasteiger partial charge on any atom is -0.482 e. The van der Waals surface area contributed by atoms with Gasteiger partial charge in [-0.1, -0.05) is 18.2 Å².